The molecule has 0 radical (unpaired) electrons. The molecule has 1 N–H and O–H groups in total. The molecule has 0 saturated carbocycles. The zero-order valence-corrected chi connectivity index (χ0v) is 14.9. The lowest BCUT2D eigenvalue weighted by molar-refractivity contribution is 0.0556. The second-order valence-electron chi connectivity index (χ2n) is 6.83. The van der Waals surface area contributed by atoms with Gasteiger partial charge < -0.3 is 19.5 Å². The highest BCUT2D eigenvalue weighted by Gasteiger charge is 2.34. The van der Waals surface area contributed by atoms with E-state index >= 15 is 0 Å². The van der Waals surface area contributed by atoms with Gasteiger partial charge in [0.05, 0.1) is 6.04 Å². The quantitative estimate of drug-likeness (QED) is 0.870. The van der Waals surface area contributed by atoms with E-state index in [9.17, 15) is 4.79 Å². The molecule has 134 valence electrons. The molecular weight excluding hydrogens is 318 g/mol. The number of likely N-dealkylation sites (tertiary alicyclic amines) is 1. The van der Waals surface area contributed by atoms with Gasteiger partial charge in [0.2, 0.25) is 0 Å². The summed E-state index contributed by atoms with van der Waals surface area (Å²) < 4.78 is 7.29. The molecule has 1 aromatic carbocycles. The maximum atomic E-state index is 12.1. The lowest BCUT2D eigenvalue weighted by atomic mass is 10.00. The van der Waals surface area contributed by atoms with Crippen LogP contribution in [0.4, 0.5) is 4.79 Å². The van der Waals surface area contributed by atoms with Crippen molar-refractivity contribution in [3.05, 3.63) is 48.0 Å². The van der Waals surface area contributed by atoms with E-state index in [1.165, 1.54) is 0 Å². The summed E-state index contributed by atoms with van der Waals surface area (Å²) in [6.07, 6.45) is 1.45. The third-order valence-corrected chi connectivity index (χ3v) is 4.45. The third-order valence-electron chi connectivity index (χ3n) is 4.45. The van der Waals surface area contributed by atoms with E-state index in [0.717, 1.165) is 11.4 Å². The van der Waals surface area contributed by atoms with E-state index < -0.39 is 0 Å². The predicted octanol–water partition coefficient (Wildman–Crippen LogP) is 2.12. The first kappa shape index (κ1) is 17.4. The van der Waals surface area contributed by atoms with E-state index in [4.69, 9.17) is 4.74 Å². The number of aromatic nitrogens is 3. The highest BCUT2D eigenvalue weighted by molar-refractivity contribution is 5.68. The standard InChI is InChI=1S/C18H25N5O2/c1-13(2)16(17-21-19-12-22(17)3)20-15-9-23(10-15)18(24)25-11-14-7-5-4-6-8-14/h4-8,12-13,15-16,20H,9-11H2,1-3H3. The van der Waals surface area contributed by atoms with Crippen molar-refractivity contribution in [2.75, 3.05) is 13.1 Å². The van der Waals surface area contributed by atoms with Crippen LogP contribution in [0, 0.1) is 5.92 Å². The monoisotopic (exact) mass is 343 g/mol. The summed E-state index contributed by atoms with van der Waals surface area (Å²) >= 11 is 0. The number of amides is 1. The van der Waals surface area contributed by atoms with Crippen LogP contribution in [0.15, 0.2) is 36.7 Å². The number of hydrogen-bond donors (Lipinski definition) is 1. The van der Waals surface area contributed by atoms with Gasteiger partial charge in [0.25, 0.3) is 0 Å². The number of benzene rings is 1. The molecule has 7 heteroatoms. The van der Waals surface area contributed by atoms with Crippen LogP contribution in [0.3, 0.4) is 0 Å². The van der Waals surface area contributed by atoms with Gasteiger partial charge in [-0.3, -0.25) is 0 Å². The van der Waals surface area contributed by atoms with E-state index in [1.54, 1.807) is 11.2 Å². The fourth-order valence-electron chi connectivity index (χ4n) is 2.94. The lowest BCUT2D eigenvalue weighted by Gasteiger charge is -2.41. The van der Waals surface area contributed by atoms with Crippen LogP contribution in [0.1, 0.15) is 31.3 Å². The van der Waals surface area contributed by atoms with Crippen LogP contribution in [-0.4, -0.2) is 44.9 Å². The first-order valence-electron chi connectivity index (χ1n) is 8.60. The second-order valence-corrected chi connectivity index (χ2v) is 6.83. The van der Waals surface area contributed by atoms with Crippen molar-refractivity contribution >= 4 is 6.09 Å². The Hall–Kier alpha value is -2.41. The van der Waals surface area contributed by atoms with E-state index in [1.807, 2.05) is 41.9 Å². The number of ether oxygens (including phenoxy) is 1. The fourth-order valence-corrected chi connectivity index (χ4v) is 2.94. The topological polar surface area (TPSA) is 72.3 Å². The van der Waals surface area contributed by atoms with Gasteiger partial charge in [0.1, 0.15) is 18.8 Å². The number of carbonyl (C=O) groups excluding carboxylic acids is 1. The Bertz CT molecular complexity index is 695. The van der Waals surface area contributed by atoms with Crippen molar-refractivity contribution in [1.82, 2.24) is 25.0 Å². The van der Waals surface area contributed by atoms with Crippen LogP contribution in [-0.2, 0) is 18.4 Å². The Morgan fingerprint density at radius 3 is 2.64 bits per heavy atom. The molecule has 1 saturated heterocycles. The Balaban J connectivity index is 1.47. The minimum absolute atomic E-state index is 0.111. The van der Waals surface area contributed by atoms with Gasteiger partial charge in [-0.2, -0.15) is 0 Å². The minimum atomic E-state index is -0.262. The molecule has 25 heavy (non-hydrogen) atoms. The molecule has 2 aromatic rings. The molecule has 0 aliphatic carbocycles. The van der Waals surface area contributed by atoms with Gasteiger partial charge in [-0.25, -0.2) is 4.79 Å². The smallest absolute Gasteiger partial charge is 0.410 e. The van der Waals surface area contributed by atoms with E-state index in [-0.39, 0.29) is 18.2 Å². The van der Waals surface area contributed by atoms with Gasteiger partial charge in [0.15, 0.2) is 0 Å². The van der Waals surface area contributed by atoms with Crippen molar-refractivity contribution in [2.24, 2.45) is 13.0 Å². The maximum absolute atomic E-state index is 12.1. The van der Waals surface area contributed by atoms with Gasteiger partial charge in [0, 0.05) is 26.2 Å². The Kier molecular flexibility index (Phi) is 5.33. The van der Waals surface area contributed by atoms with Gasteiger partial charge in [-0.05, 0) is 11.5 Å². The van der Waals surface area contributed by atoms with Crippen molar-refractivity contribution < 1.29 is 9.53 Å². The van der Waals surface area contributed by atoms with Gasteiger partial charge in [-0.1, -0.05) is 44.2 Å². The summed E-state index contributed by atoms with van der Waals surface area (Å²) in [5, 5.41) is 11.8. The number of nitrogens with zero attached hydrogens (tertiary/aromatic N) is 4. The maximum Gasteiger partial charge on any atom is 0.410 e. The Labute approximate surface area is 148 Å². The van der Waals surface area contributed by atoms with Crippen LogP contribution < -0.4 is 5.32 Å². The largest absolute Gasteiger partial charge is 0.445 e. The van der Waals surface area contributed by atoms with Crippen LogP contribution in [0.5, 0.6) is 0 Å². The molecule has 0 bridgehead atoms. The summed E-state index contributed by atoms with van der Waals surface area (Å²) in [5.74, 6) is 1.29. The highest BCUT2D eigenvalue weighted by atomic mass is 16.6. The highest BCUT2D eigenvalue weighted by Crippen LogP contribution is 2.22. The van der Waals surface area contributed by atoms with Crippen LogP contribution in [0.2, 0.25) is 0 Å². The Morgan fingerprint density at radius 1 is 1.32 bits per heavy atom. The van der Waals surface area contributed by atoms with Crippen molar-refractivity contribution in [2.45, 2.75) is 32.5 Å². The third kappa shape index (κ3) is 4.17. The Morgan fingerprint density at radius 2 is 2.04 bits per heavy atom. The molecule has 1 unspecified atom stereocenters. The first-order valence-corrected chi connectivity index (χ1v) is 8.60. The molecular formula is C18H25N5O2. The summed E-state index contributed by atoms with van der Waals surface area (Å²) in [6.45, 7) is 5.90. The molecule has 1 aliphatic rings. The van der Waals surface area contributed by atoms with Gasteiger partial charge >= 0.3 is 6.09 Å². The number of carbonyl (C=O) groups is 1. The molecule has 1 aliphatic heterocycles. The molecule has 3 rings (SSSR count). The van der Waals surface area contributed by atoms with E-state index in [2.05, 4.69) is 29.4 Å². The average Bonchev–Trinajstić information content (AvgIpc) is 2.98. The van der Waals surface area contributed by atoms with E-state index in [0.29, 0.717) is 25.6 Å². The molecule has 1 fully saturated rings. The summed E-state index contributed by atoms with van der Waals surface area (Å²) in [6, 6.07) is 10.1. The molecule has 2 heterocycles. The molecule has 7 nitrogen and oxygen atoms in total. The fraction of sp³-hybridized carbons (Fsp3) is 0.500. The zero-order valence-electron chi connectivity index (χ0n) is 14.9. The summed E-state index contributed by atoms with van der Waals surface area (Å²) in [4.78, 5) is 13.8. The SMILES string of the molecule is CC(C)C(NC1CN(C(=O)OCc2ccccc2)C1)c1nncn1C. The molecule has 1 aromatic heterocycles. The minimum Gasteiger partial charge on any atom is -0.445 e. The number of rotatable bonds is 6. The number of nitrogens with one attached hydrogen (secondary N) is 1. The zero-order chi connectivity index (χ0) is 17.8. The van der Waals surface area contributed by atoms with Crippen molar-refractivity contribution in [3.63, 3.8) is 0 Å². The lowest BCUT2D eigenvalue weighted by Crippen LogP contribution is -2.61. The summed E-state index contributed by atoms with van der Waals surface area (Å²) in [5.41, 5.74) is 0.994. The summed E-state index contributed by atoms with van der Waals surface area (Å²) in [7, 11) is 1.94. The van der Waals surface area contributed by atoms with Crippen LogP contribution >= 0.6 is 0 Å². The first-order chi connectivity index (χ1) is 12.0. The number of aryl methyl sites for hydroxylation is 1. The predicted molar refractivity (Wildman–Crippen MR) is 93.7 cm³/mol. The van der Waals surface area contributed by atoms with Gasteiger partial charge in [-0.15, -0.1) is 10.2 Å². The van der Waals surface area contributed by atoms with Crippen molar-refractivity contribution in [3.8, 4) is 0 Å². The normalized spacial score (nSPS) is 15.9. The molecule has 0 spiro atoms. The van der Waals surface area contributed by atoms with Crippen molar-refractivity contribution in [1.29, 1.82) is 0 Å². The van der Waals surface area contributed by atoms with Crippen LogP contribution in [0.25, 0.3) is 0 Å². The number of hydrogen-bond acceptors (Lipinski definition) is 5. The molecule has 1 atom stereocenters. The second kappa shape index (κ2) is 7.65. The average molecular weight is 343 g/mol. The molecule has 1 amide bonds.